The summed E-state index contributed by atoms with van der Waals surface area (Å²) in [5.41, 5.74) is 8.50. The first kappa shape index (κ1) is 13.3. The van der Waals surface area contributed by atoms with Crippen molar-refractivity contribution in [2.75, 3.05) is 5.75 Å². The topological polar surface area (TPSA) is 105 Å². The highest BCUT2D eigenvalue weighted by atomic mass is 32.2. The minimum absolute atomic E-state index is 0.0483. The second kappa shape index (κ2) is 5.23. The van der Waals surface area contributed by atoms with Crippen molar-refractivity contribution in [2.24, 2.45) is 0 Å². The highest BCUT2D eigenvalue weighted by molar-refractivity contribution is 7.78. The van der Waals surface area contributed by atoms with Crippen molar-refractivity contribution in [1.82, 2.24) is 0 Å². The predicted molar refractivity (Wildman–Crippen MR) is 52.8 cm³/mol. The van der Waals surface area contributed by atoms with E-state index in [0.29, 0.717) is 0 Å². The van der Waals surface area contributed by atoms with Crippen molar-refractivity contribution in [3.63, 3.8) is 0 Å². The molecule has 82 valence electrons. The van der Waals surface area contributed by atoms with Crippen LogP contribution in [0, 0.1) is 0 Å². The van der Waals surface area contributed by atoms with E-state index >= 15 is 0 Å². The van der Waals surface area contributed by atoms with E-state index in [4.69, 9.17) is 5.53 Å². The third-order valence-corrected chi connectivity index (χ3v) is 4.28. The van der Waals surface area contributed by atoms with E-state index in [1.165, 1.54) is 6.92 Å². The summed E-state index contributed by atoms with van der Waals surface area (Å²) in [6.07, 6.45) is 0.180. The van der Waals surface area contributed by atoms with E-state index in [-0.39, 0.29) is 12.1 Å². The van der Waals surface area contributed by atoms with Gasteiger partial charge in [0.25, 0.3) is 5.71 Å². The molecule has 0 radical (unpaired) electrons. The Morgan fingerprint density at radius 2 is 1.86 bits per heavy atom. The van der Waals surface area contributed by atoms with Crippen molar-refractivity contribution in [3.8, 4) is 0 Å². The summed E-state index contributed by atoms with van der Waals surface area (Å²) in [4.78, 5) is 2.82. The van der Waals surface area contributed by atoms with Gasteiger partial charge in [-0.15, -0.1) is 0 Å². The molecule has 0 rings (SSSR count). The molecule has 8 heteroatoms. The quantitative estimate of drug-likeness (QED) is 0.280. The van der Waals surface area contributed by atoms with Crippen LogP contribution < -0.4 is 0 Å². The molecule has 0 saturated heterocycles. The van der Waals surface area contributed by atoms with Crippen LogP contribution in [-0.4, -0.2) is 37.8 Å². The van der Waals surface area contributed by atoms with Crippen LogP contribution in [0.2, 0.25) is 0 Å². The largest absolute Gasteiger partial charge is 0.362 e. The predicted octanol–water partition coefficient (Wildman–Crippen LogP) is -0.951. The van der Waals surface area contributed by atoms with Gasteiger partial charge in [-0.05, 0) is 6.92 Å². The van der Waals surface area contributed by atoms with Crippen LogP contribution in [0.15, 0.2) is 0 Å². The Labute approximate surface area is 85.5 Å². The normalized spacial score (nSPS) is 15.1. The van der Waals surface area contributed by atoms with Gasteiger partial charge in [0, 0.05) is 6.42 Å². The lowest BCUT2D eigenvalue weighted by Crippen LogP contribution is -2.41. The molecule has 0 aliphatic heterocycles. The number of thiol groups is 2. The number of nitrogens with zero attached hydrogens (tertiary/aromatic N) is 2. The molecule has 0 aliphatic carbocycles. The first-order valence-electron chi connectivity index (χ1n) is 3.86. The van der Waals surface area contributed by atoms with Gasteiger partial charge < -0.3 is 5.53 Å². The SMILES string of the molecule is CCC(=[N+]=[N-])C(C)(C[SH](=O)=O)[SH](=O)=O. The third kappa shape index (κ3) is 2.90. The summed E-state index contributed by atoms with van der Waals surface area (Å²) in [6.45, 7) is 2.81. The van der Waals surface area contributed by atoms with Crippen LogP contribution in [0.3, 0.4) is 0 Å². The molecule has 0 aromatic rings. The molecule has 0 heterocycles. The maximum atomic E-state index is 10.9. The molecule has 0 aromatic heterocycles. The average molecular weight is 240 g/mol. The number of hydrogen-bond donors (Lipinski definition) is 2. The molecule has 1 unspecified atom stereocenters. The van der Waals surface area contributed by atoms with Crippen molar-refractivity contribution >= 4 is 27.1 Å². The van der Waals surface area contributed by atoms with Gasteiger partial charge in [0.05, 0.1) is 5.75 Å². The molecule has 0 aliphatic rings. The van der Waals surface area contributed by atoms with E-state index in [0.717, 1.165) is 0 Å². The van der Waals surface area contributed by atoms with E-state index in [1.54, 1.807) is 6.92 Å². The van der Waals surface area contributed by atoms with Crippen molar-refractivity contribution in [1.29, 1.82) is 0 Å². The number of rotatable bonds is 5. The minimum atomic E-state index is -3.00. The standard InChI is InChI=1S/C6H12N2O4S2/c1-3-5(8-7)6(2,14(11)12)4-13(9)10/h13-14H,3-4H2,1-2H3. The van der Waals surface area contributed by atoms with E-state index in [9.17, 15) is 16.8 Å². The Balaban J connectivity index is 5.41. The van der Waals surface area contributed by atoms with E-state index in [1.807, 2.05) is 0 Å². The maximum absolute atomic E-state index is 10.9. The van der Waals surface area contributed by atoms with E-state index < -0.39 is 31.9 Å². The lowest BCUT2D eigenvalue weighted by molar-refractivity contribution is -0.0129. The molecule has 0 aromatic carbocycles. The molecule has 0 amide bonds. The zero-order valence-electron chi connectivity index (χ0n) is 7.84. The highest BCUT2D eigenvalue weighted by Crippen LogP contribution is 2.13. The molecule has 14 heavy (non-hydrogen) atoms. The van der Waals surface area contributed by atoms with Crippen LogP contribution in [-0.2, 0) is 21.4 Å². The Kier molecular flexibility index (Phi) is 4.96. The lowest BCUT2D eigenvalue weighted by Gasteiger charge is -2.13. The van der Waals surface area contributed by atoms with Crippen LogP contribution in [0.1, 0.15) is 20.3 Å². The van der Waals surface area contributed by atoms with Crippen LogP contribution in [0.25, 0.3) is 5.53 Å². The monoisotopic (exact) mass is 240 g/mol. The summed E-state index contributed by atoms with van der Waals surface area (Å²) in [7, 11) is -5.84. The molecule has 1 atom stereocenters. The lowest BCUT2D eigenvalue weighted by atomic mass is 10.1. The van der Waals surface area contributed by atoms with E-state index in [2.05, 4.69) is 4.79 Å². The summed E-state index contributed by atoms with van der Waals surface area (Å²) >= 11 is 0. The van der Waals surface area contributed by atoms with Gasteiger partial charge in [-0.2, -0.15) is 4.79 Å². The van der Waals surface area contributed by atoms with Gasteiger partial charge in [0.2, 0.25) is 0 Å². The fraction of sp³-hybridized carbons (Fsp3) is 0.833. The Hall–Kier alpha value is -0.720. The van der Waals surface area contributed by atoms with Gasteiger partial charge >= 0.3 is 0 Å². The zero-order valence-corrected chi connectivity index (χ0v) is 9.62. The minimum Gasteiger partial charge on any atom is -0.362 e. The summed E-state index contributed by atoms with van der Waals surface area (Å²) in [6, 6.07) is 0. The third-order valence-electron chi connectivity index (χ3n) is 1.92. The molecule has 0 saturated carbocycles. The molecule has 0 N–H and O–H groups in total. The van der Waals surface area contributed by atoms with Gasteiger partial charge in [-0.1, -0.05) is 6.92 Å². The second-order valence-electron chi connectivity index (χ2n) is 2.92. The second-order valence-corrected chi connectivity index (χ2v) is 5.41. The van der Waals surface area contributed by atoms with Crippen molar-refractivity contribution in [2.45, 2.75) is 25.0 Å². The zero-order chi connectivity index (χ0) is 11.4. The summed E-state index contributed by atoms with van der Waals surface area (Å²) in [5.74, 6) is -0.561. The van der Waals surface area contributed by atoms with Gasteiger partial charge in [0.1, 0.15) is 10.7 Å². The smallest absolute Gasteiger partial charge is 0.290 e. The van der Waals surface area contributed by atoms with Gasteiger partial charge in [-0.3, -0.25) is 0 Å². The van der Waals surface area contributed by atoms with Crippen LogP contribution in [0.4, 0.5) is 0 Å². The molecular formula is C6H12N2O4S2. The van der Waals surface area contributed by atoms with Crippen molar-refractivity contribution in [3.05, 3.63) is 5.53 Å². The number of hydrogen-bond acceptors (Lipinski definition) is 4. The highest BCUT2D eigenvalue weighted by Gasteiger charge is 2.41. The average Bonchev–Trinajstić information content (AvgIpc) is 2.04. The molecule has 0 bridgehead atoms. The molecule has 0 spiro atoms. The fourth-order valence-electron chi connectivity index (χ4n) is 1.07. The summed E-state index contributed by atoms with van der Waals surface area (Å²) < 4.78 is 41.2. The fourth-order valence-corrected chi connectivity index (χ4v) is 2.97. The van der Waals surface area contributed by atoms with Crippen LogP contribution >= 0.6 is 0 Å². The van der Waals surface area contributed by atoms with Crippen LogP contribution in [0.5, 0.6) is 0 Å². The van der Waals surface area contributed by atoms with Gasteiger partial charge in [-0.25, -0.2) is 16.8 Å². The molecule has 0 fully saturated rings. The first-order valence-corrected chi connectivity index (χ1v) is 6.40. The Bertz CT molecular complexity index is 390. The van der Waals surface area contributed by atoms with Gasteiger partial charge in [0.15, 0.2) is 15.5 Å². The Morgan fingerprint density at radius 3 is 2.07 bits per heavy atom. The summed E-state index contributed by atoms with van der Waals surface area (Å²) in [5, 5.41) is 0. The molecular weight excluding hydrogens is 228 g/mol. The Morgan fingerprint density at radius 1 is 1.36 bits per heavy atom. The maximum Gasteiger partial charge on any atom is 0.290 e. The molecule has 6 nitrogen and oxygen atoms in total. The van der Waals surface area contributed by atoms with Crippen molar-refractivity contribution < 1.29 is 21.6 Å². The first-order chi connectivity index (χ1) is 6.38.